The van der Waals surface area contributed by atoms with Gasteiger partial charge in [-0.3, -0.25) is 9.36 Å². The van der Waals surface area contributed by atoms with Gasteiger partial charge < -0.3 is 4.90 Å². The Balaban J connectivity index is 1.83. The highest BCUT2D eigenvalue weighted by Crippen LogP contribution is 2.16. The Morgan fingerprint density at radius 1 is 1.27 bits per heavy atom. The quantitative estimate of drug-likeness (QED) is 0.766. The molecule has 1 unspecified atom stereocenters. The Hall–Kier alpha value is -2.37. The van der Waals surface area contributed by atoms with Gasteiger partial charge in [0.25, 0.3) is 0 Å². The van der Waals surface area contributed by atoms with Gasteiger partial charge in [0, 0.05) is 19.0 Å². The van der Waals surface area contributed by atoms with Crippen molar-refractivity contribution in [2.45, 2.75) is 65.1 Å². The van der Waals surface area contributed by atoms with Crippen LogP contribution >= 0.6 is 0 Å². The molecule has 140 valence electrons. The summed E-state index contributed by atoms with van der Waals surface area (Å²) >= 11 is 0. The first-order valence-corrected chi connectivity index (χ1v) is 9.60. The Morgan fingerprint density at radius 3 is 2.69 bits per heavy atom. The van der Waals surface area contributed by atoms with Crippen molar-refractivity contribution >= 4 is 5.91 Å². The van der Waals surface area contributed by atoms with E-state index in [-0.39, 0.29) is 24.2 Å². The highest BCUT2D eigenvalue weighted by molar-refractivity contribution is 5.76. The van der Waals surface area contributed by atoms with Crippen molar-refractivity contribution in [1.29, 1.82) is 0 Å². The number of hydrogen-bond acceptors (Lipinski definition) is 3. The second-order valence-electron chi connectivity index (χ2n) is 7.11. The zero-order chi connectivity index (χ0) is 18.5. The number of amides is 1. The van der Waals surface area contributed by atoms with Gasteiger partial charge in [-0.1, -0.05) is 43.7 Å². The van der Waals surface area contributed by atoms with Gasteiger partial charge in [-0.15, -0.1) is 0 Å². The number of likely N-dealkylation sites (tertiary alicyclic amines) is 1. The highest BCUT2D eigenvalue weighted by Gasteiger charge is 2.26. The molecule has 0 N–H and O–H groups in total. The maximum Gasteiger partial charge on any atom is 0.346 e. The highest BCUT2D eigenvalue weighted by atomic mass is 16.2. The normalized spacial score (nSPS) is 17.0. The number of aromatic nitrogens is 3. The van der Waals surface area contributed by atoms with Gasteiger partial charge in [-0.2, -0.15) is 5.10 Å². The lowest BCUT2D eigenvalue weighted by atomic mass is 10.2. The third kappa shape index (κ3) is 4.06. The molecule has 1 atom stereocenters. The Morgan fingerprint density at radius 2 is 2.04 bits per heavy atom. The first kappa shape index (κ1) is 18.4. The van der Waals surface area contributed by atoms with Gasteiger partial charge in [0.15, 0.2) is 0 Å². The molecule has 1 amide bonds. The molecular formula is C20H28N4O2. The summed E-state index contributed by atoms with van der Waals surface area (Å²) in [6, 6.07) is 10.2. The lowest BCUT2D eigenvalue weighted by Gasteiger charge is -2.20. The van der Waals surface area contributed by atoms with E-state index in [1.807, 2.05) is 35.2 Å². The van der Waals surface area contributed by atoms with Crippen LogP contribution in [0.2, 0.25) is 0 Å². The average molecular weight is 356 g/mol. The van der Waals surface area contributed by atoms with Crippen molar-refractivity contribution < 1.29 is 4.79 Å². The summed E-state index contributed by atoms with van der Waals surface area (Å²) < 4.78 is 3.06. The number of carbonyl (C=O) groups excluding carboxylic acids is 1. The Labute approximate surface area is 154 Å². The molecule has 1 aliphatic rings. The number of aryl methyl sites for hydroxylation is 1. The summed E-state index contributed by atoms with van der Waals surface area (Å²) in [5.41, 5.74) is 0.867. The second kappa shape index (κ2) is 8.34. The minimum absolute atomic E-state index is 0.0106. The number of unbranched alkanes of at least 4 members (excludes halogenated alkanes) is 1. The molecule has 2 heterocycles. The van der Waals surface area contributed by atoms with Crippen molar-refractivity contribution in [2.24, 2.45) is 0 Å². The number of nitrogens with zero attached hydrogens (tertiary/aromatic N) is 4. The molecule has 1 aromatic carbocycles. The van der Waals surface area contributed by atoms with E-state index < -0.39 is 0 Å². The van der Waals surface area contributed by atoms with Gasteiger partial charge in [-0.05, 0) is 31.7 Å². The van der Waals surface area contributed by atoms with E-state index in [0.717, 1.165) is 50.0 Å². The van der Waals surface area contributed by atoms with E-state index in [1.165, 1.54) is 4.68 Å². The van der Waals surface area contributed by atoms with Gasteiger partial charge in [0.1, 0.15) is 12.4 Å². The van der Waals surface area contributed by atoms with Crippen LogP contribution in [-0.4, -0.2) is 37.7 Å². The van der Waals surface area contributed by atoms with E-state index in [9.17, 15) is 9.59 Å². The summed E-state index contributed by atoms with van der Waals surface area (Å²) in [6.45, 7) is 5.49. The fourth-order valence-electron chi connectivity index (χ4n) is 3.56. The summed E-state index contributed by atoms with van der Waals surface area (Å²) in [5, 5.41) is 4.50. The summed E-state index contributed by atoms with van der Waals surface area (Å²) in [4.78, 5) is 27.3. The van der Waals surface area contributed by atoms with Crippen LogP contribution in [0.25, 0.3) is 0 Å². The smallest absolute Gasteiger partial charge is 0.338 e. The molecular weight excluding hydrogens is 328 g/mol. The summed E-state index contributed by atoms with van der Waals surface area (Å²) in [6.07, 6.45) is 4.83. The van der Waals surface area contributed by atoms with Crippen LogP contribution in [0.4, 0.5) is 0 Å². The lowest BCUT2D eigenvalue weighted by molar-refractivity contribution is -0.132. The van der Waals surface area contributed by atoms with Crippen molar-refractivity contribution in [3.63, 3.8) is 0 Å². The fraction of sp³-hybridized carbons (Fsp3) is 0.550. The molecule has 0 saturated carbocycles. The number of rotatable bonds is 7. The van der Waals surface area contributed by atoms with Crippen LogP contribution in [0.5, 0.6) is 0 Å². The Kier molecular flexibility index (Phi) is 5.91. The van der Waals surface area contributed by atoms with Crippen LogP contribution in [-0.2, 0) is 24.3 Å². The molecule has 0 radical (unpaired) electrons. The van der Waals surface area contributed by atoms with Crippen LogP contribution in [0.1, 0.15) is 50.9 Å². The Bertz CT molecular complexity index is 794. The van der Waals surface area contributed by atoms with Crippen molar-refractivity contribution in [2.75, 3.05) is 6.54 Å². The molecule has 6 nitrogen and oxygen atoms in total. The minimum atomic E-state index is -0.194. The average Bonchev–Trinajstić information content (AvgIpc) is 3.19. The lowest BCUT2D eigenvalue weighted by Crippen LogP contribution is -2.39. The third-order valence-electron chi connectivity index (χ3n) is 5.10. The molecule has 0 spiro atoms. The van der Waals surface area contributed by atoms with Crippen molar-refractivity contribution in [3.05, 3.63) is 52.2 Å². The summed E-state index contributed by atoms with van der Waals surface area (Å²) in [7, 11) is 0. The zero-order valence-corrected chi connectivity index (χ0v) is 15.7. The standard InChI is InChI=1S/C20H28N4O2/c1-3-4-12-18-21-24(15-19(25)22-13-8-9-16(22)2)20(26)23(18)14-17-10-6-5-7-11-17/h5-7,10-11,16H,3-4,8-9,12-15H2,1-2H3. The zero-order valence-electron chi connectivity index (χ0n) is 15.7. The number of benzene rings is 1. The first-order valence-electron chi connectivity index (χ1n) is 9.60. The molecule has 26 heavy (non-hydrogen) atoms. The molecule has 6 heteroatoms. The van der Waals surface area contributed by atoms with Gasteiger partial charge in [0.2, 0.25) is 5.91 Å². The molecule has 2 aromatic rings. The maximum absolute atomic E-state index is 12.9. The fourth-order valence-corrected chi connectivity index (χ4v) is 3.56. The molecule has 1 saturated heterocycles. The molecule has 0 aliphatic carbocycles. The SMILES string of the molecule is CCCCc1nn(CC(=O)N2CCCC2C)c(=O)n1Cc1ccccc1. The van der Waals surface area contributed by atoms with Gasteiger partial charge >= 0.3 is 5.69 Å². The monoisotopic (exact) mass is 356 g/mol. The number of hydrogen-bond donors (Lipinski definition) is 0. The van der Waals surface area contributed by atoms with Gasteiger partial charge in [0.05, 0.1) is 6.54 Å². The van der Waals surface area contributed by atoms with Crippen LogP contribution in [0.3, 0.4) is 0 Å². The predicted molar refractivity (Wildman–Crippen MR) is 101 cm³/mol. The van der Waals surface area contributed by atoms with E-state index in [4.69, 9.17) is 0 Å². The number of carbonyl (C=O) groups is 1. The third-order valence-corrected chi connectivity index (χ3v) is 5.10. The largest absolute Gasteiger partial charge is 0.346 e. The molecule has 3 rings (SSSR count). The second-order valence-corrected chi connectivity index (χ2v) is 7.11. The van der Waals surface area contributed by atoms with Crippen LogP contribution < -0.4 is 5.69 Å². The van der Waals surface area contributed by atoms with E-state index in [1.54, 1.807) is 4.57 Å². The minimum Gasteiger partial charge on any atom is -0.338 e. The van der Waals surface area contributed by atoms with Crippen LogP contribution in [0.15, 0.2) is 35.1 Å². The molecule has 1 aromatic heterocycles. The van der Waals surface area contributed by atoms with Gasteiger partial charge in [-0.25, -0.2) is 9.48 Å². The predicted octanol–water partition coefficient (Wildman–Crippen LogP) is 2.45. The summed E-state index contributed by atoms with van der Waals surface area (Å²) in [5.74, 6) is 0.756. The van der Waals surface area contributed by atoms with E-state index >= 15 is 0 Å². The molecule has 1 fully saturated rings. The molecule has 1 aliphatic heterocycles. The van der Waals surface area contributed by atoms with E-state index in [0.29, 0.717) is 6.54 Å². The van der Waals surface area contributed by atoms with Crippen molar-refractivity contribution in [1.82, 2.24) is 19.2 Å². The maximum atomic E-state index is 12.9. The van der Waals surface area contributed by atoms with Crippen LogP contribution in [0, 0.1) is 0 Å². The van der Waals surface area contributed by atoms with Crippen molar-refractivity contribution in [3.8, 4) is 0 Å². The van der Waals surface area contributed by atoms with E-state index in [2.05, 4.69) is 18.9 Å². The molecule has 0 bridgehead atoms. The first-order chi connectivity index (χ1) is 12.6. The topological polar surface area (TPSA) is 60.1 Å².